The lowest BCUT2D eigenvalue weighted by atomic mass is 9.96. The molecule has 3 atom stereocenters. The van der Waals surface area contributed by atoms with Gasteiger partial charge in [0, 0.05) is 0 Å². The van der Waals surface area contributed by atoms with E-state index in [0.29, 0.717) is 6.42 Å². The molecule has 0 saturated carbocycles. The molecule has 3 unspecified atom stereocenters. The second-order valence-corrected chi connectivity index (χ2v) is 8.80. The molecule has 0 aliphatic carbocycles. The van der Waals surface area contributed by atoms with Crippen LogP contribution in [0.1, 0.15) is 30.6 Å². The standard InChI is InChI=1S/C21H21NO4S/c1-21(13-23)19(22-16(24)12-17(22)27-21)20(25)26-18(14-8-4-2-5-9-14)15-10-6-3-7-11-15/h2-11,17-19,23H,12-13H2,1H3. The first kappa shape index (κ1) is 18.1. The van der Waals surface area contributed by atoms with Crippen LogP contribution in [-0.4, -0.2) is 44.7 Å². The van der Waals surface area contributed by atoms with Crippen molar-refractivity contribution in [2.24, 2.45) is 0 Å². The van der Waals surface area contributed by atoms with E-state index in [1.165, 1.54) is 11.8 Å². The molecule has 2 heterocycles. The summed E-state index contributed by atoms with van der Waals surface area (Å²) in [5.74, 6) is -0.546. The molecular weight excluding hydrogens is 362 g/mol. The number of hydrogen-bond acceptors (Lipinski definition) is 5. The number of nitrogens with zero attached hydrogens (tertiary/aromatic N) is 1. The molecule has 2 aliphatic rings. The number of carbonyl (C=O) groups is 2. The molecule has 0 spiro atoms. The lowest BCUT2D eigenvalue weighted by molar-refractivity contribution is -0.164. The van der Waals surface area contributed by atoms with Gasteiger partial charge in [0.05, 0.1) is 23.1 Å². The zero-order valence-electron chi connectivity index (χ0n) is 14.9. The number of esters is 1. The lowest BCUT2D eigenvalue weighted by Crippen LogP contribution is -2.58. The number of hydrogen-bond donors (Lipinski definition) is 1. The van der Waals surface area contributed by atoms with Crippen LogP contribution in [0.2, 0.25) is 0 Å². The van der Waals surface area contributed by atoms with Crippen LogP contribution >= 0.6 is 11.8 Å². The largest absolute Gasteiger partial charge is 0.451 e. The van der Waals surface area contributed by atoms with Gasteiger partial charge in [-0.2, -0.15) is 0 Å². The molecule has 0 radical (unpaired) electrons. The third-order valence-electron chi connectivity index (χ3n) is 5.19. The van der Waals surface area contributed by atoms with Crippen molar-refractivity contribution in [1.82, 2.24) is 4.90 Å². The molecular formula is C21H21NO4S. The van der Waals surface area contributed by atoms with Gasteiger partial charge in [0.2, 0.25) is 5.91 Å². The van der Waals surface area contributed by atoms with E-state index in [1.54, 1.807) is 4.90 Å². The Kier molecular flexibility index (Phi) is 4.70. The van der Waals surface area contributed by atoms with Gasteiger partial charge in [0.1, 0.15) is 6.04 Å². The molecule has 140 valence electrons. The van der Waals surface area contributed by atoms with Crippen molar-refractivity contribution in [2.45, 2.75) is 35.6 Å². The highest BCUT2D eigenvalue weighted by Gasteiger charge is 2.61. The predicted octanol–water partition coefficient (Wildman–Crippen LogP) is 2.74. The smallest absolute Gasteiger partial charge is 0.331 e. The zero-order valence-corrected chi connectivity index (χ0v) is 15.8. The molecule has 2 saturated heterocycles. The van der Waals surface area contributed by atoms with E-state index in [0.717, 1.165) is 11.1 Å². The normalized spacial score (nSPS) is 26.6. The Labute approximate surface area is 162 Å². The van der Waals surface area contributed by atoms with Crippen LogP contribution in [0.5, 0.6) is 0 Å². The van der Waals surface area contributed by atoms with Crippen LogP contribution in [0, 0.1) is 0 Å². The first-order valence-corrected chi connectivity index (χ1v) is 9.82. The van der Waals surface area contributed by atoms with E-state index in [2.05, 4.69) is 0 Å². The molecule has 0 aromatic heterocycles. The third-order valence-corrected chi connectivity index (χ3v) is 6.74. The second kappa shape index (κ2) is 7.02. The maximum atomic E-state index is 13.2. The molecule has 1 N–H and O–H groups in total. The Morgan fingerprint density at radius 2 is 1.74 bits per heavy atom. The quantitative estimate of drug-likeness (QED) is 0.635. The van der Waals surface area contributed by atoms with Crippen molar-refractivity contribution in [1.29, 1.82) is 0 Å². The summed E-state index contributed by atoms with van der Waals surface area (Å²) in [6, 6.07) is 18.3. The molecule has 4 rings (SSSR count). The Morgan fingerprint density at radius 3 is 2.22 bits per heavy atom. The van der Waals surface area contributed by atoms with Gasteiger partial charge in [-0.15, -0.1) is 11.8 Å². The molecule has 2 aromatic carbocycles. The highest BCUT2D eigenvalue weighted by Crippen LogP contribution is 2.51. The summed E-state index contributed by atoms with van der Waals surface area (Å²) < 4.78 is 5.19. The molecule has 6 heteroatoms. The highest BCUT2D eigenvalue weighted by molar-refractivity contribution is 8.01. The predicted molar refractivity (Wildman–Crippen MR) is 103 cm³/mol. The van der Waals surface area contributed by atoms with Crippen LogP contribution in [0.4, 0.5) is 0 Å². The number of rotatable bonds is 5. The van der Waals surface area contributed by atoms with E-state index in [4.69, 9.17) is 4.74 Å². The second-order valence-electron chi connectivity index (χ2n) is 7.09. The maximum Gasteiger partial charge on any atom is 0.331 e. The number of β-lactam (4-membered cyclic amide) rings is 1. The topological polar surface area (TPSA) is 66.8 Å². The zero-order chi connectivity index (χ0) is 19.0. The Hall–Kier alpha value is -2.31. The number of benzene rings is 2. The molecule has 1 amide bonds. The van der Waals surface area contributed by atoms with Crippen LogP contribution in [0.25, 0.3) is 0 Å². The van der Waals surface area contributed by atoms with Gasteiger partial charge in [-0.3, -0.25) is 4.79 Å². The number of carbonyl (C=O) groups excluding carboxylic acids is 2. The Balaban J connectivity index is 1.65. The van der Waals surface area contributed by atoms with Gasteiger partial charge >= 0.3 is 5.97 Å². The van der Waals surface area contributed by atoms with Crippen LogP contribution in [-0.2, 0) is 14.3 Å². The van der Waals surface area contributed by atoms with Gasteiger partial charge < -0.3 is 14.7 Å². The maximum absolute atomic E-state index is 13.2. The van der Waals surface area contributed by atoms with E-state index in [-0.39, 0.29) is 17.9 Å². The number of aliphatic hydroxyl groups is 1. The van der Waals surface area contributed by atoms with E-state index in [1.807, 2.05) is 67.6 Å². The minimum absolute atomic E-state index is 0.0564. The molecule has 2 fully saturated rings. The molecule has 2 aromatic rings. The number of amides is 1. The summed E-state index contributed by atoms with van der Waals surface area (Å²) in [5.41, 5.74) is 1.72. The Morgan fingerprint density at radius 1 is 1.19 bits per heavy atom. The summed E-state index contributed by atoms with van der Waals surface area (Å²) in [6.45, 7) is 1.62. The molecule has 27 heavy (non-hydrogen) atoms. The molecule has 0 bridgehead atoms. The number of thioether (sulfide) groups is 1. The summed E-state index contributed by atoms with van der Waals surface area (Å²) in [7, 11) is 0. The monoisotopic (exact) mass is 383 g/mol. The summed E-state index contributed by atoms with van der Waals surface area (Å²) in [5, 5.41) is 9.84. The van der Waals surface area contributed by atoms with Crippen molar-refractivity contribution in [3.63, 3.8) is 0 Å². The molecule has 2 aliphatic heterocycles. The SMILES string of the molecule is CC1(CO)SC2CC(=O)N2C1C(=O)OC(c1ccccc1)c1ccccc1. The van der Waals surface area contributed by atoms with Crippen molar-refractivity contribution in [3.8, 4) is 0 Å². The fraction of sp³-hybridized carbons (Fsp3) is 0.333. The lowest BCUT2D eigenvalue weighted by Gasteiger charge is -2.38. The summed E-state index contributed by atoms with van der Waals surface area (Å²) in [6.07, 6.45) is -0.159. The van der Waals surface area contributed by atoms with Gasteiger partial charge in [-0.25, -0.2) is 4.79 Å². The summed E-state index contributed by atoms with van der Waals surface area (Å²) in [4.78, 5) is 26.8. The van der Waals surface area contributed by atoms with Crippen LogP contribution in [0.15, 0.2) is 60.7 Å². The number of fused-ring (bicyclic) bond motifs is 1. The average Bonchev–Trinajstić information content (AvgIpc) is 2.95. The van der Waals surface area contributed by atoms with Crippen LogP contribution < -0.4 is 0 Å². The van der Waals surface area contributed by atoms with Gasteiger partial charge in [0.15, 0.2) is 6.10 Å². The van der Waals surface area contributed by atoms with Gasteiger partial charge in [0.25, 0.3) is 0 Å². The number of aliphatic hydroxyl groups excluding tert-OH is 1. The van der Waals surface area contributed by atoms with Crippen molar-refractivity contribution in [3.05, 3.63) is 71.8 Å². The van der Waals surface area contributed by atoms with Crippen molar-refractivity contribution >= 4 is 23.6 Å². The molecule has 5 nitrogen and oxygen atoms in total. The first-order chi connectivity index (χ1) is 13.0. The van der Waals surface area contributed by atoms with Crippen LogP contribution in [0.3, 0.4) is 0 Å². The van der Waals surface area contributed by atoms with Crippen molar-refractivity contribution in [2.75, 3.05) is 6.61 Å². The van der Waals surface area contributed by atoms with E-state index >= 15 is 0 Å². The third kappa shape index (κ3) is 3.13. The average molecular weight is 383 g/mol. The fourth-order valence-corrected chi connectivity index (χ4v) is 5.34. The number of ether oxygens (including phenoxy) is 1. The summed E-state index contributed by atoms with van der Waals surface area (Å²) >= 11 is 1.48. The van der Waals surface area contributed by atoms with Gasteiger partial charge in [-0.1, -0.05) is 60.7 Å². The highest BCUT2D eigenvalue weighted by atomic mass is 32.2. The van der Waals surface area contributed by atoms with E-state index < -0.39 is 22.9 Å². The minimum atomic E-state index is -0.784. The van der Waals surface area contributed by atoms with E-state index in [9.17, 15) is 14.7 Å². The van der Waals surface area contributed by atoms with Crippen molar-refractivity contribution < 1.29 is 19.4 Å². The minimum Gasteiger partial charge on any atom is -0.451 e. The van der Waals surface area contributed by atoms with Gasteiger partial charge in [-0.05, 0) is 18.1 Å². The Bertz CT molecular complexity index is 804. The first-order valence-electron chi connectivity index (χ1n) is 8.94. The fourth-order valence-electron chi connectivity index (χ4n) is 3.73.